The van der Waals surface area contributed by atoms with E-state index in [9.17, 15) is 0 Å². The van der Waals surface area contributed by atoms with Crippen LogP contribution in [0, 0.1) is 26.7 Å². The third kappa shape index (κ3) is 3.04. The number of rotatable bonds is 5. The van der Waals surface area contributed by atoms with E-state index in [2.05, 4.69) is 36.2 Å². The number of hydrogen-bond acceptors (Lipinski definition) is 4. The van der Waals surface area contributed by atoms with Crippen LogP contribution in [0.3, 0.4) is 0 Å². The summed E-state index contributed by atoms with van der Waals surface area (Å²) in [6, 6.07) is 0.537. The van der Waals surface area contributed by atoms with Gasteiger partial charge < -0.3 is 9.73 Å². The first-order chi connectivity index (χ1) is 8.99. The first-order valence-corrected chi connectivity index (χ1v) is 6.67. The summed E-state index contributed by atoms with van der Waals surface area (Å²) in [7, 11) is 0. The fourth-order valence-electron chi connectivity index (χ4n) is 1.87. The Kier molecular flexibility index (Phi) is 4.04. The quantitative estimate of drug-likeness (QED) is 0.899. The topological polar surface area (TPSA) is 55.9 Å². The number of aromatic nitrogens is 3. The summed E-state index contributed by atoms with van der Waals surface area (Å²) in [5.74, 6) is 0.630. The van der Waals surface area contributed by atoms with E-state index >= 15 is 0 Å². The molecule has 0 spiro atoms. The zero-order chi connectivity index (χ0) is 14.0. The number of nitrogens with one attached hydrogen (secondary N) is 1. The summed E-state index contributed by atoms with van der Waals surface area (Å²) in [5, 5.41) is 7.79. The number of nitrogens with zero attached hydrogens (tertiary/aromatic N) is 3. The van der Waals surface area contributed by atoms with Crippen LogP contribution in [-0.2, 0) is 6.54 Å². The molecule has 2 aromatic heterocycles. The lowest BCUT2D eigenvalue weighted by atomic mass is 10.2. The van der Waals surface area contributed by atoms with Gasteiger partial charge in [-0.1, -0.05) is 13.8 Å². The van der Waals surface area contributed by atoms with Crippen molar-refractivity contribution in [2.24, 2.45) is 5.92 Å². The Bertz CT molecular complexity index is 554. The average Bonchev–Trinajstić information content (AvgIpc) is 2.90. The van der Waals surface area contributed by atoms with Gasteiger partial charge in [0.05, 0.1) is 11.4 Å². The molecule has 0 fully saturated rings. The van der Waals surface area contributed by atoms with Crippen LogP contribution in [0.5, 0.6) is 0 Å². The maximum absolute atomic E-state index is 5.51. The Hall–Kier alpha value is -1.62. The van der Waals surface area contributed by atoms with Crippen LogP contribution in [0.25, 0.3) is 6.01 Å². The third-order valence-electron chi connectivity index (χ3n) is 3.23. The number of hydrogen-bond donors (Lipinski definition) is 1. The maximum Gasteiger partial charge on any atom is 0.323 e. The summed E-state index contributed by atoms with van der Waals surface area (Å²) < 4.78 is 7.27. The van der Waals surface area contributed by atoms with Crippen LogP contribution in [0.15, 0.2) is 10.7 Å². The van der Waals surface area contributed by atoms with Crippen molar-refractivity contribution in [3.63, 3.8) is 0 Å². The van der Waals surface area contributed by atoms with E-state index in [1.165, 1.54) is 5.56 Å². The van der Waals surface area contributed by atoms with Gasteiger partial charge in [-0.25, -0.2) is 0 Å². The first-order valence-electron chi connectivity index (χ1n) is 6.67. The smallest absolute Gasteiger partial charge is 0.323 e. The van der Waals surface area contributed by atoms with E-state index in [0.29, 0.717) is 11.9 Å². The molecular formula is C14H22N4O. The minimum atomic E-state index is 0.537. The molecule has 2 rings (SSSR count). The largest absolute Gasteiger partial charge is 0.430 e. The van der Waals surface area contributed by atoms with Crippen LogP contribution in [0.4, 0.5) is 0 Å². The van der Waals surface area contributed by atoms with Gasteiger partial charge in [-0.05, 0) is 38.8 Å². The molecule has 19 heavy (non-hydrogen) atoms. The summed E-state index contributed by atoms with van der Waals surface area (Å²) in [4.78, 5) is 4.46. The average molecular weight is 262 g/mol. The lowest BCUT2D eigenvalue weighted by Crippen LogP contribution is -2.19. The summed E-state index contributed by atoms with van der Waals surface area (Å²) in [6.45, 7) is 12.1. The SMILES string of the molecule is Cc1nn(-c2nc(CNCC(C)C)co2)c(C)c1C. The van der Waals surface area contributed by atoms with E-state index in [4.69, 9.17) is 4.42 Å². The van der Waals surface area contributed by atoms with Gasteiger partial charge in [0, 0.05) is 12.2 Å². The van der Waals surface area contributed by atoms with Crippen LogP contribution in [0.1, 0.15) is 36.5 Å². The molecule has 0 unspecified atom stereocenters. The Balaban J connectivity index is 2.10. The molecular weight excluding hydrogens is 240 g/mol. The van der Waals surface area contributed by atoms with Gasteiger partial charge in [-0.15, -0.1) is 0 Å². The van der Waals surface area contributed by atoms with Crippen molar-refractivity contribution < 1.29 is 4.42 Å². The van der Waals surface area contributed by atoms with Gasteiger partial charge in [0.1, 0.15) is 6.26 Å². The second-order valence-electron chi connectivity index (χ2n) is 5.35. The molecule has 0 saturated heterocycles. The van der Waals surface area contributed by atoms with Crippen molar-refractivity contribution in [3.05, 3.63) is 28.9 Å². The van der Waals surface area contributed by atoms with Crippen LogP contribution >= 0.6 is 0 Å². The summed E-state index contributed by atoms with van der Waals surface area (Å²) in [6.07, 6.45) is 1.69. The Morgan fingerprint density at radius 1 is 1.32 bits per heavy atom. The van der Waals surface area contributed by atoms with Gasteiger partial charge in [0.2, 0.25) is 0 Å². The maximum atomic E-state index is 5.51. The molecule has 5 nitrogen and oxygen atoms in total. The standard InChI is InChI=1S/C14H22N4O/c1-9(2)6-15-7-13-8-19-14(16-13)18-12(5)10(3)11(4)17-18/h8-9,15H,6-7H2,1-5H3. The van der Waals surface area contributed by atoms with E-state index in [-0.39, 0.29) is 0 Å². The van der Waals surface area contributed by atoms with Gasteiger partial charge in [-0.2, -0.15) is 14.8 Å². The fourth-order valence-corrected chi connectivity index (χ4v) is 1.87. The molecule has 0 aromatic carbocycles. The second kappa shape index (κ2) is 5.57. The molecule has 0 bridgehead atoms. The summed E-state index contributed by atoms with van der Waals surface area (Å²) in [5.41, 5.74) is 4.16. The highest BCUT2D eigenvalue weighted by molar-refractivity contribution is 5.27. The van der Waals surface area contributed by atoms with Crippen molar-refractivity contribution >= 4 is 0 Å². The summed E-state index contributed by atoms with van der Waals surface area (Å²) >= 11 is 0. The van der Waals surface area contributed by atoms with Crippen LogP contribution in [0.2, 0.25) is 0 Å². The molecule has 2 aromatic rings. The normalized spacial score (nSPS) is 11.5. The second-order valence-corrected chi connectivity index (χ2v) is 5.35. The van der Waals surface area contributed by atoms with E-state index in [0.717, 1.165) is 30.2 Å². The molecule has 0 aliphatic rings. The molecule has 0 aliphatic heterocycles. The molecule has 1 N–H and O–H groups in total. The van der Waals surface area contributed by atoms with Gasteiger partial charge in [0.25, 0.3) is 0 Å². The highest BCUT2D eigenvalue weighted by atomic mass is 16.4. The van der Waals surface area contributed by atoms with Gasteiger partial charge in [0.15, 0.2) is 0 Å². The molecule has 0 saturated carbocycles. The van der Waals surface area contributed by atoms with Crippen LogP contribution < -0.4 is 5.32 Å². The van der Waals surface area contributed by atoms with Gasteiger partial charge >= 0.3 is 6.01 Å². The highest BCUT2D eigenvalue weighted by Gasteiger charge is 2.13. The molecule has 0 amide bonds. The zero-order valence-electron chi connectivity index (χ0n) is 12.3. The number of oxazole rings is 1. The lowest BCUT2D eigenvalue weighted by Gasteiger charge is -2.04. The number of aryl methyl sites for hydroxylation is 1. The molecule has 0 atom stereocenters. The Morgan fingerprint density at radius 2 is 2.05 bits per heavy atom. The molecule has 0 radical (unpaired) electrons. The van der Waals surface area contributed by atoms with Crippen molar-refractivity contribution in [1.82, 2.24) is 20.1 Å². The minimum Gasteiger partial charge on any atom is -0.430 e. The minimum absolute atomic E-state index is 0.537. The highest BCUT2D eigenvalue weighted by Crippen LogP contribution is 2.16. The Labute approximate surface area is 114 Å². The van der Waals surface area contributed by atoms with Crippen LogP contribution in [-0.4, -0.2) is 21.3 Å². The molecule has 0 aliphatic carbocycles. The monoisotopic (exact) mass is 262 g/mol. The molecule has 5 heteroatoms. The van der Waals surface area contributed by atoms with E-state index in [1.54, 1.807) is 10.9 Å². The van der Waals surface area contributed by atoms with Crippen molar-refractivity contribution in [2.45, 2.75) is 41.2 Å². The molecule has 104 valence electrons. The fraction of sp³-hybridized carbons (Fsp3) is 0.571. The Morgan fingerprint density at radius 3 is 2.63 bits per heavy atom. The predicted octanol–water partition coefficient (Wildman–Crippen LogP) is 2.53. The lowest BCUT2D eigenvalue weighted by molar-refractivity contribution is 0.503. The van der Waals surface area contributed by atoms with Crippen molar-refractivity contribution in [3.8, 4) is 6.01 Å². The van der Waals surface area contributed by atoms with E-state index < -0.39 is 0 Å². The third-order valence-corrected chi connectivity index (χ3v) is 3.23. The zero-order valence-corrected chi connectivity index (χ0v) is 12.3. The van der Waals surface area contributed by atoms with E-state index in [1.807, 2.05) is 13.8 Å². The van der Waals surface area contributed by atoms with Crippen molar-refractivity contribution in [2.75, 3.05) is 6.54 Å². The van der Waals surface area contributed by atoms with Crippen molar-refractivity contribution in [1.29, 1.82) is 0 Å². The predicted molar refractivity (Wildman–Crippen MR) is 74.4 cm³/mol. The van der Waals surface area contributed by atoms with Gasteiger partial charge in [-0.3, -0.25) is 0 Å². The first kappa shape index (κ1) is 13.8. The molecule has 2 heterocycles.